The van der Waals surface area contributed by atoms with Crippen LogP contribution in [0.5, 0.6) is 5.75 Å². The summed E-state index contributed by atoms with van der Waals surface area (Å²) in [6.45, 7) is -24.8. The number of phenols is 1. The average molecular weight is 1080 g/mol. The summed E-state index contributed by atoms with van der Waals surface area (Å²) < 4.78 is 211. The zero-order valence-corrected chi connectivity index (χ0v) is 38.9. The molecule has 2 aromatic heterocycles. The number of imidazole rings is 1. The Labute approximate surface area is 445 Å². The van der Waals surface area contributed by atoms with Gasteiger partial charge in [-0.05, 0) is 116 Å². The Morgan fingerprint density at radius 1 is 0.537 bits per heavy atom. The SMILES string of the molecule is [2H]C([2H])([2H])c1ccc(-c2ccnc(-c3[c-]c(-c4cccc5c4nc(-c4cc(C(C([2H])([2H])[2H])(C([2H])([2H])[2H])C([2H])([2H])[2H])cc(C(C([2H])([2H])[2H])(C([2H])([2H])[2H])C([2H])([2H])[2H])c4O)n5-c4ccc(-c5ccccc5)cc4C([2H])([2H])[2H])cc(C(C)(C)C)c3)c2)cc1-c1ccccc1.[Pt]. The smallest absolute Gasteiger partial charge is 0.148 e. The molecule has 0 aliphatic carbocycles. The predicted molar refractivity (Wildman–Crippen MR) is 278 cm³/mol. The van der Waals surface area contributed by atoms with Crippen molar-refractivity contribution in [2.45, 2.75) is 91.8 Å². The molecular formula is C62H60N3OPt-. The Bertz CT molecular complexity index is 4110. The van der Waals surface area contributed by atoms with Crippen LogP contribution in [0.4, 0.5) is 0 Å². The van der Waals surface area contributed by atoms with E-state index in [-0.39, 0.29) is 55.0 Å². The van der Waals surface area contributed by atoms with Crippen molar-refractivity contribution in [3.8, 4) is 78.6 Å². The third-order valence-electron chi connectivity index (χ3n) is 11.7. The number of hydrogen-bond donors (Lipinski definition) is 1. The van der Waals surface area contributed by atoms with E-state index in [4.69, 9.17) is 42.9 Å². The van der Waals surface area contributed by atoms with E-state index in [9.17, 15) is 5.11 Å². The molecule has 0 aliphatic heterocycles. The van der Waals surface area contributed by atoms with Crippen molar-refractivity contribution in [1.29, 1.82) is 0 Å². The summed E-state index contributed by atoms with van der Waals surface area (Å²) in [5.41, 5.74) is -8.01. The first kappa shape index (κ1) is 25.7. The van der Waals surface area contributed by atoms with Gasteiger partial charge >= 0.3 is 0 Å². The van der Waals surface area contributed by atoms with Crippen LogP contribution in [-0.2, 0) is 37.3 Å². The normalized spacial score (nSPS) is 18.9. The van der Waals surface area contributed by atoms with E-state index in [0.717, 1.165) is 4.57 Å². The number of phenolic OH excluding ortho intramolecular Hbond substituents is 1. The van der Waals surface area contributed by atoms with Gasteiger partial charge in [-0.3, -0.25) is 9.55 Å². The minimum atomic E-state index is -4.26. The summed E-state index contributed by atoms with van der Waals surface area (Å²) in [6.07, 6.45) is 1.58. The van der Waals surface area contributed by atoms with E-state index in [1.165, 1.54) is 18.2 Å². The number of rotatable bonds is 7. The molecule has 0 amide bonds. The number of hydrogen-bond acceptors (Lipinski definition) is 3. The molecule has 1 N–H and O–H groups in total. The van der Waals surface area contributed by atoms with Crippen molar-refractivity contribution in [2.75, 3.05) is 0 Å². The van der Waals surface area contributed by atoms with E-state index in [2.05, 4.69) is 6.07 Å². The maximum Gasteiger partial charge on any atom is 0.148 e. The van der Waals surface area contributed by atoms with Crippen LogP contribution < -0.4 is 0 Å². The Morgan fingerprint density at radius 3 is 1.90 bits per heavy atom. The van der Waals surface area contributed by atoms with Gasteiger partial charge < -0.3 is 5.11 Å². The van der Waals surface area contributed by atoms with E-state index in [1.54, 1.807) is 91.1 Å². The maximum atomic E-state index is 13.0. The molecule has 5 heteroatoms. The second-order valence-electron chi connectivity index (χ2n) is 17.5. The average Bonchev–Trinajstić information content (AvgIpc) is 1.16. The van der Waals surface area contributed by atoms with Crippen LogP contribution in [0.3, 0.4) is 0 Å². The zero-order chi connectivity index (χ0) is 66.7. The Morgan fingerprint density at radius 2 is 1.19 bits per heavy atom. The van der Waals surface area contributed by atoms with Crippen LogP contribution in [0.15, 0.2) is 158 Å². The molecule has 7 aromatic carbocycles. The zero-order valence-electron chi connectivity index (χ0n) is 60.6. The van der Waals surface area contributed by atoms with E-state index >= 15 is 0 Å². The van der Waals surface area contributed by atoms with Gasteiger partial charge in [0.1, 0.15) is 11.6 Å². The monoisotopic (exact) mass is 1080 g/mol. The van der Waals surface area contributed by atoms with Gasteiger partial charge in [-0.15, -0.1) is 29.3 Å². The molecule has 0 spiro atoms. The molecular weight excluding hydrogens is 998 g/mol. The first-order valence-electron chi connectivity index (χ1n) is 33.1. The third kappa shape index (κ3) is 9.34. The number of pyridine rings is 1. The Hall–Kier alpha value is -6.35. The maximum absolute atomic E-state index is 13.0. The number of aromatic nitrogens is 3. The minimum Gasteiger partial charge on any atom is -0.507 e. The first-order valence-corrected chi connectivity index (χ1v) is 21.1. The van der Waals surface area contributed by atoms with Gasteiger partial charge in [0.15, 0.2) is 0 Å². The summed E-state index contributed by atoms with van der Waals surface area (Å²) in [5.74, 6) is -2.21. The topological polar surface area (TPSA) is 50.9 Å². The van der Waals surface area contributed by atoms with E-state index < -0.39 is 105 Å². The van der Waals surface area contributed by atoms with Crippen molar-refractivity contribution >= 4 is 11.0 Å². The molecule has 0 aliphatic rings. The Balaban J connectivity index is 0.0000107. The van der Waals surface area contributed by atoms with Gasteiger partial charge in [0.05, 0.1) is 22.3 Å². The second-order valence-corrected chi connectivity index (χ2v) is 17.5. The molecule has 67 heavy (non-hydrogen) atoms. The number of aromatic hydroxyl groups is 1. The molecule has 0 atom stereocenters. The first-order chi connectivity index (χ1) is 41.3. The van der Waals surface area contributed by atoms with Crippen LogP contribution in [-0.4, -0.2) is 19.6 Å². The van der Waals surface area contributed by atoms with Crippen molar-refractivity contribution in [3.63, 3.8) is 0 Å². The van der Waals surface area contributed by atoms with Crippen molar-refractivity contribution in [1.82, 2.24) is 14.5 Å². The van der Waals surface area contributed by atoms with Gasteiger partial charge in [-0.1, -0.05) is 176 Å². The van der Waals surface area contributed by atoms with Gasteiger partial charge in [0.2, 0.25) is 0 Å². The van der Waals surface area contributed by atoms with Crippen molar-refractivity contribution in [2.24, 2.45) is 0 Å². The molecule has 0 saturated heterocycles. The molecule has 0 unspecified atom stereocenters. The van der Waals surface area contributed by atoms with E-state index in [1.807, 2.05) is 57.2 Å². The summed E-state index contributed by atoms with van der Waals surface area (Å²) in [5, 5.41) is 13.0. The van der Waals surface area contributed by atoms with Crippen LogP contribution in [0, 0.1) is 19.8 Å². The minimum absolute atomic E-state index is 0. The third-order valence-corrected chi connectivity index (χ3v) is 11.7. The molecule has 4 nitrogen and oxygen atoms in total. The van der Waals surface area contributed by atoms with E-state index in [0.29, 0.717) is 61.8 Å². The number of benzene rings is 7. The standard InChI is InChI=1S/C62H60N3O.Pt/c1-39-25-26-44(35-51(39)42-21-16-13-17-22-42)45-29-30-63-54(36-45)47-32-46(33-48(34-47)60(3,4)5)50-23-18-24-56-57(50)64-59(52-37-49(61(6,7)8)38-53(58(52)66)62(9,10)11)65(56)55-28-27-43(31-40(55)2)41-19-14-12-15-20-41;/h12-31,33-38,66H,1-11H3;/q-1;/i1D3,2D3,6D3,7D3,8D3,9D3,10D3,11D3;. The van der Waals surface area contributed by atoms with Gasteiger partial charge in [-0.25, -0.2) is 4.98 Å². The Kier molecular flexibility index (Phi) is 6.92. The summed E-state index contributed by atoms with van der Waals surface area (Å²) in [6, 6.07) is 43.1. The molecule has 0 radical (unpaired) electrons. The molecule has 0 fully saturated rings. The quantitative estimate of drug-likeness (QED) is 0.162. The fourth-order valence-electron chi connectivity index (χ4n) is 8.21. The molecule has 0 saturated carbocycles. The summed E-state index contributed by atoms with van der Waals surface area (Å²) in [4.78, 5) is 9.78. The molecule has 340 valence electrons. The van der Waals surface area contributed by atoms with Gasteiger partial charge in [0, 0.05) is 71.4 Å². The van der Waals surface area contributed by atoms with Crippen molar-refractivity contribution < 1.29 is 59.1 Å². The van der Waals surface area contributed by atoms with Crippen LogP contribution in [0.2, 0.25) is 0 Å². The summed E-state index contributed by atoms with van der Waals surface area (Å²) in [7, 11) is 0. The van der Waals surface area contributed by atoms with Crippen LogP contribution in [0.25, 0.3) is 83.9 Å². The van der Waals surface area contributed by atoms with Gasteiger partial charge in [-0.2, -0.15) is 0 Å². The molecule has 9 rings (SSSR count). The molecule has 2 heterocycles. The predicted octanol–water partition coefficient (Wildman–Crippen LogP) is 16.4. The van der Waals surface area contributed by atoms with Crippen LogP contribution in [0.1, 0.15) is 123 Å². The number of nitrogens with zero attached hydrogens (tertiary/aromatic N) is 3. The summed E-state index contributed by atoms with van der Waals surface area (Å²) >= 11 is 0. The fourth-order valence-corrected chi connectivity index (χ4v) is 8.21. The molecule has 9 aromatic rings. The second kappa shape index (κ2) is 18.0. The number of fused-ring (bicyclic) bond motifs is 1. The molecule has 0 bridgehead atoms. The van der Waals surface area contributed by atoms with Gasteiger partial charge in [0.25, 0.3) is 0 Å². The van der Waals surface area contributed by atoms with Crippen LogP contribution >= 0.6 is 0 Å². The number of aryl methyl sites for hydroxylation is 2. The largest absolute Gasteiger partial charge is 0.507 e. The fraction of sp³-hybridized carbons (Fsp3) is 0.226. The number of para-hydroxylation sites is 1. The van der Waals surface area contributed by atoms with Crippen molar-refractivity contribution in [3.05, 3.63) is 192 Å².